The van der Waals surface area contributed by atoms with Crippen LogP contribution in [0.4, 0.5) is 5.69 Å². The number of methoxy groups -OCH3 is 1. The lowest BCUT2D eigenvalue weighted by atomic mass is 10.1. The number of sulfone groups is 1. The van der Waals surface area contributed by atoms with Gasteiger partial charge in [-0.15, -0.1) is 0 Å². The second-order valence-electron chi connectivity index (χ2n) is 4.43. The monoisotopic (exact) mass is 258 g/mol. The molecule has 0 unspecified atom stereocenters. The maximum absolute atomic E-state index is 12.0. The second kappa shape index (κ2) is 5.01. The van der Waals surface area contributed by atoms with Crippen molar-refractivity contribution >= 4 is 15.5 Å². The zero-order valence-electron chi connectivity index (χ0n) is 10.3. The first-order valence-electron chi connectivity index (χ1n) is 5.27. The van der Waals surface area contributed by atoms with E-state index in [1.165, 1.54) is 12.3 Å². The van der Waals surface area contributed by atoms with Crippen LogP contribution in [0.25, 0.3) is 0 Å². The first-order valence-corrected chi connectivity index (χ1v) is 6.92. The van der Waals surface area contributed by atoms with Gasteiger partial charge in [-0.2, -0.15) is 0 Å². The van der Waals surface area contributed by atoms with E-state index < -0.39 is 15.4 Å². The van der Waals surface area contributed by atoms with E-state index in [-0.39, 0.29) is 16.5 Å². The lowest BCUT2D eigenvalue weighted by molar-refractivity contribution is 0.0203. The Hall–Kier alpha value is -1.14. The summed E-state index contributed by atoms with van der Waals surface area (Å²) in [4.78, 5) is 3.82. The highest BCUT2D eigenvalue weighted by atomic mass is 32.2. The van der Waals surface area contributed by atoms with E-state index in [1.54, 1.807) is 13.2 Å². The molecule has 17 heavy (non-hydrogen) atoms. The fraction of sp³-hybridized carbons (Fsp3) is 0.545. The first-order chi connectivity index (χ1) is 7.78. The zero-order chi connectivity index (χ0) is 13.1. The summed E-state index contributed by atoms with van der Waals surface area (Å²) in [6.45, 7) is 3.68. The highest BCUT2D eigenvalue weighted by molar-refractivity contribution is 7.91. The van der Waals surface area contributed by atoms with Gasteiger partial charge >= 0.3 is 0 Å². The smallest absolute Gasteiger partial charge is 0.197 e. The maximum atomic E-state index is 12.0. The van der Waals surface area contributed by atoms with Gasteiger partial charge in [0.25, 0.3) is 0 Å². The summed E-state index contributed by atoms with van der Waals surface area (Å²) >= 11 is 0. The molecule has 0 atom stereocenters. The third-order valence-electron chi connectivity index (χ3n) is 2.62. The van der Waals surface area contributed by atoms with Crippen LogP contribution in [0.2, 0.25) is 0 Å². The predicted molar refractivity (Wildman–Crippen MR) is 66.4 cm³/mol. The van der Waals surface area contributed by atoms with Crippen LogP contribution in [-0.4, -0.2) is 31.9 Å². The van der Waals surface area contributed by atoms with Crippen molar-refractivity contribution in [2.75, 3.05) is 18.6 Å². The van der Waals surface area contributed by atoms with Crippen molar-refractivity contribution in [3.8, 4) is 0 Å². The molecule has 0 aliphatic heterocycles. The van der Waals surface area contributed by atoms with Gasteiger partial charge in [0, 0.05) is 13.3 Å². The van der Waals surface area contributed by atoms with Gasteiger partial charge in [0.2, 0.25) is 0 Å². The Balaban J connectivity index is 2.88. The molecule has 6 heteroatoms. The van der Waals surface area contributed by atoms with Gasteiger partial charge in [0.1, 0.15) is 0 Å². The fourth-order valence-electron chi connectivity index (χ4n) is 1.24. The Morgan fingerprint density at radius 3 is 2.65 bits per heavy atom. The van der Waals surface area contributed by atoms with Crippen molar-refractivity contribution in [2.24, 2.45) is 0 Å². The molecule has 0 fully saturated rings. The van der Waals surface area contributed by atoms with Crippen LogP contribution in [0.1, 0.15) is 20.3 Å². The van der Waals surface area contributed by atoms with Gasteiger partial charge in [-0.1, -0.05) is 0 Å². The minimum absolute atomic E-state index is 0.0327. The number of nitrogens with zero attached hydrogens (tertiary/aromatic N) is 1. The molecule has 5 nitrogen and oxygen atoms in total. The van der Waals surface area contributed by atoms with Crippen LogP contribution in [0.15, 0.2) is 23.4 Å². The normalized spacial score (nSPS) is 12.6. The van der Waals surface area contributed by atoms with Gasteiger partial charge < -0.3 is 10.5 Å². The molecule has 0 saturated heterocycles. The number of nitrogen functional groups attached to an aromatic ring is 1. The minimum Gasteiger partial charge on any atom is -0.396 e. The average molecular weight is 258 g/mol. The standard InChI is InChI=1S/C11H18N2O3S/c1-11(2,16-3)6-8-17(14,15)10-9(12)5-4-7-13-10/h4-5,7H,6,8,12H2,1-3H3. The van der Waals surface area contributed by atoms with E-state index >= 15 is 0 Å². The SMILES string of the molecule is COC(C)(C)CCS(=O)(=O)c1ncccc1N. The average Bonchev–Trinajstić information content (AvgIpc) is 2.27. The molecule has 1 rings (SSSR count). The number of anilines is 1. The van der Waals surface area contributed by atoms with Gasteiger partial charge in [-0.05, 0) is 32.4 Å². The van der Waals surface area contributed by atoms with E-state index in [9.17, 15) is 8.42 Å². The van der Waals surface area contributed by atoms with Crippen LogP contribution in [0, 0.1) is 0 Å². The molecule has 0 aromatic carbocycles. The summed E-state index contributed by atoms with van der Waals surface area (Å²) in [6, 6.07) is 3.13. The molecule has 0 spiro atoms. The molecule has 2 N–H and O–H groups in total. The highest BCUT2D eigenvalue weighted by Gasteiger charge is 2.24. The van der Waals surface area contributed by atoms with Crippen molar-refractivity contribution in [3.05, 3.63) is 18.3 Å². The fourth-order valence-corrected chi connectivity index (χ4v) is 2.84. The van der Waals surface area contributed by atoms with Crippen LogP contribution >= 0.6 is 0 Å². The minimum atomic E-state index is -3.45. The highest BCUT2D eigenvalue weighted by Crippen LogP contribution is 2.20. The Kier molecular flexibility index (Phi) is 4.11. The molecule has 1 aromatic rings. The predicted octanol–water partition coefficient (Wildman–Crippen LogP) is 1.25. The molecule has 0 radical (unpaired) electrons. The van der Waals surface area contributed by atoms with Gasteiger partial charge in [0.15, 0.2) is 14.9 Å². The largest absolute Gasteiger partial charge is 0.396 e. The van der Waals surface area contributed by atoms with E-state index in [2.05, 4.69) is 4.98 Å². The lowest BCUT2D eigenvalue weighted by Crippen LogP contribution is -2.26. The summed E-state index contributed by atoms with van der Waals surface area (Å²) < 4.78 is 29.2. The lowest BCUT2D eigenvalue weighted by Gasteiger charge is -2.22. The summed E-state index contributed by atoms with van der Waals surface area (Å²) in [7, 11) is -1.89. The summed E-state index contributed by atoms with van der Waals surface area (Å²) in [6.07, 6.45) is 1.81. The molecular weight excluding hydrogens is 240 g/mol. The molecule has 0 bridgehead atoms. The third-order valence-corrected chi connectivity index (χ3v) is 4.29. The van der Waals surface area contributed by atoms with Crippen LogP contribution in [0.3, 0.4) is 0 Å². The second-order valence-corrected chi connectivity index (χ2v) is 6.45. The number of ether oxygens (including phenoxy) is 1. The number of hydrogen-bond acceptors (Lipinski definition) is 5. The molecular formula is C11H18N2O3S. The van der Waals surface area contributed by atoms with Crippen molar-refractivity contribution in [2.45, 2.75) is 30.9 Å². The third kappa shape index (κ3) is 3.67. The number of hydrogen-bond donors (Lipinski definition) is 1. The molecule has 0 aliphatic carbocycles. The Morgan fingerprint density at radius 1 is 1.47 bits per heavy atom. The number of rotatable bonds is 5. The number of aromatic nitrogens is 1. The number of nitrogens with two attached hydrogens (primary N) is 1. The van der Waals surface area contributed by atoms with Crippen LogP contribution < -0.4 is 5.73 Å². The Labute approximate surface area is 102 Å². The molecule has 96 valence electrons. The molecule has 0 amide bonds. The summed E-state index contributed by atoms with van der Waals surface area (Å²) in [5.74, 6) is -0.0327. The van der Waals surface area contributed by atoms with Crippen LogP contribution in [-0.2, 0) is 14.6 Å². The van der Waals surface area contributed by atoms with Crippen molar-refractivity contribution in [1.82, 2.24) is 4.98 Å². The van der Waals surface area contributed by atoms with Gasteiger partial charge in [-0.25, -0.2) is 13.4 Å². The van der Waals surface area contributed by atoms with Gasteiger partial charge in [0.05, 0.1) is 17.0 Å². The Morgan fingerprint density at radius 2 is 2.12 bits per heavy atom. The maximum Gasteiger partial charge on any atom is 0.197 e. The molecule has 0 aliphatic rings. The van der Waals surface area contributed by atoms with E-state index in [4.69, 9.17) is 10.5 Å². The van der Waals surface area contributed by atoms with Crippen LogP contribution in [0.5, 0.6) is 0 Å². The Bertz CT molecular complexity index is 483. The van der Waals surface area contributed by atoms with Gasteiger partial charge in [-0.3, -0.25) is 0 Å². The van der Waals surface area contributed by atoms with Crippen molar-refractivity contribution < 1.29 is 13.2 Å². The first kappa shape index (κ1) is 13.9. The van der Waals surface area contributed by atoms with E-state index in [0.29, 0.717) is 6.42 Å². The zero-order valence-corrected chi connectivity index (χ0v) is 11.1. The van der Waals surface area contributed by atoms with E-state index in [0.717, 1.165) is 0 Å². The van der Waals surface area contributed by atoms with Crippen molar-refractivity contribution in [3.63, 3.8) is 0 Å². The molecule has 1 heterocycles. The van der Waals surface area contributed by atoms with E-state index in [1.807, 2.05) is 13.8 Å². The molecule has 0 saturated carbocycles. The number of pyridine rings is 1. The summed E-state index contributed by atoms with van der Waals surface area (Å²) in [5, 5.41) is -0.0492. The summed E-state index contributed by atoms with van der Waals surface area (Å²) in [5.41, 5.74) is 5.31. The quantitative estimate of drug-likeness (QED) is 0.859. The van der Waals surface area contributed by atoms with Crippen molar-refractivity contribution in [1.29, 1.82) is 0 Å². The topological polar surface area (TPSA) is 82.3 Å². The molecule has 1 aromatic heterocycles.